The number of fused-ring (bicyclic) bond motifs is 4. The Morgan fingerprint density at radius 3 is 2.43 bits per heavy atom. The second-order valence-corrected chi connectivity index (χ2v) is 18.2. The van der Waals surface area contributed by atoms with E-state index in [9.17, 15) is 19.8 Å². The number of aromatic nitrogens is 1. The quantitative estimate of drug-likeness (QED) is 0.357. The Morgan fingerprint density at radius 2 is 1.77 bits per heavy atom. The number of nitrogens with zero attached hydrogens (tertiary/aromatic N) is 1. The average Bonchev–Trinajstić information content (AvgIpc) is 3.62. The Balaban J connectivity index is 1.13. The first-order valence-electron chi connectivity index (χ1n) is 18.2. The molecule has 0 aromatic carbocycles. The number of esters is 2. The average molecular weight is 652 g/mol. The van der Waals surface area contributed by atoms with Crippen LogP contribution in [0.5, 0.6) is 0 Å². The maximum Gasteiger partial charge on any atom is 0.312 e. The third-order valence-electron chi connectivity index (χ3n) is 15.4. The molecule has 8 heteroatoms. The first-order chi connectivity index (χ1) is 21.9. The smallest absolute Gasteiger partial charge is 0.312 e. The molecule has 0 radical (unpaired) electrons. The van der Waals surface area contributed by atoms with Crippen molar-refractivity contribution in [1.29, 1.82) is 0 Å². The van der Waals surface area contributed by atoms with Crippen LogP contribution in [0.1, 0.15) is 112 Å². The number of hydrogen-bond donors (Lipinski definition) is 2. The van der Waals surface area contributed by atoms with Gasteiger partial charge in [0.2, 0.25) is 0 Å². The third kappa shape index (κ3) is 4.59. The minimum Gasteiger partial charge on any atom is -0.461 e. The van der Waals surface area contributed by atoms with Crippen LogP contribution in [0.2, 0.25) is 0 Å². The van der Waals surface area contributed by atoms with Gasteiger partial charge < -0.3 is 24.4 Å². The number of carbonyl (C=O) groups is 2. The maximum atomic E-state index is 13.1. The van der Waals surface area contributed by atoms with Crippen LogP contribution in [0.15, 0.2) is 24.4 Å². The highest BCUT2D eigenvalue weighted by molar-refractivity contribution is 5.72. The summed E-state index contributed by atoms with van der Waals surface area (Å²) in [6.07, 6.45) is 7.71. The van der Waals surface area contributed by atoms with Crippen LogP contribution in [0.4, 0.5) is 0 Å². The first-order valence-corrected chi connectivity index (χ1v) is 18.2. The summed E-state index contributed by atoms with van der Waals surface area (Å²) < 4.78 is 18.7. The van der Waals surface area contributed by atoms with Crippen molar-refractivity contribution in [2.24, 2.45) is 50.7 Å². The Labute approximate surface area is 280 Å². The lowest BCUT2D eigenvalue weighted by Gasteiger charge is -2.63. The van der Waals surface area contributed by atoms with Crippen LogP contribution < -0.4 is 0 Å². The molecule has 0 amide bonds. The summed E-state index contributed by atoms with van der Waals surface area (Å²) >= 11 is 0. The van der Waals surface area contributed by atoms with E-state index in [2.05, 4.69) is 39.6 Å². The highest BCUT2D eigenvalue weighted by Crippen LogP contribution is 2.89. The van der Waals surface area contributed by atoms with E-state index < -0.39 is 29.9 Å². The molecule has 5 saturated carbocycles. The highest BCUT2D eigenvalue weighted by atomic mass is 16.6. The molecular weight excluding hydrogens is 594 g/mol. The normalized spacial score (nSPS) is 46.9. The Kier molecular flexibility index (Phi) is 7.64. The van der Waals surface area contributed by atoms with Gasteiger partial charge in [0.05, 0.1) is 36.0 Å². The molecule has 8 nitrogen and oxygen atoms in total. The summed E-state index contributed by atoms with van der Waals surface area (Å²) in [5, 5.41) is 23.5. The fraction of sp³-hybridized carbons (Fsp3) is 0.821. The lowest BCUT2D eigenvalue weighted by Crippen LogP contribution is -2.60. The molecular formula is C39H57NO7. The molecule has 5 aliphatic carbocycles. The lowest BCUT2D eigenvalue weighted by molar-refractivity contribution is -0.216. The molecule has 1 saturated heterocycles. The predicted octanol–water partition coefficient (Wildman–Crippen LogP) is 6.05. The Hall–Kier alpha value is -2.03. The molecule has 47 heavy (non-hydrogen) atoms. The van der Waals surface area contributed by atoms with E-state index in [4.69, 9.17) is 14.2 Å². The molecule has 0 bridgehead atoms. The highest BCUT2D eigenvalue weighted by Gasteiger charge is 2.84. The zero-order valence-electron chi connectivity index (χ0n) is 29.8. The van der Waals surface area contributed by atoms with E-state index >= 15 is 0 Å². The van der Waals surface area contributed by atoms with Gasteiger partial charge in [0, 0.05) is 24.0 Å². The van der Waals surface area contributed by atoms with Crippen molar-refractivity contribution in [2.45, 2.75) is 149 Å². The molecule has 1 aromatic heterocycles. The van der Waals surface area contributed by atoms with Gasteiger partial charge in [-0.05, 0) is 117 Å². The van der Waals surface area contributed by atoms with Crippen LogP contribution in [0.3, 0.4) is 0 Å². The van der Waals surface area contributed by atoms with E-state index in [0.717, 1.165) is 37.8 Å². The number of aliphatic hydroxyl groups excluding tert-OH is 1. The molecule has 6 aliphatic rings. The molecule has 1 aromatic rings. The molecule has 1 aliphatic heterocycles. The van der Waals surface area contributed by atoms with Gasteiger partial charge in [-0.2, -0.15) is 0 Å². The van der Waals surface area contributed by atoms with Gasteiger partial charge in [-0.15, -0.1) is 0 Å². The second kappa shape index (κ2) is 10.7. The molecule has 2 heterocycles. The van der Waals surface area contributed by atoms with E-state index in [-0.39, 0.29) is 63.5 Å². The molecule has 2 spiro atoms. The lowest BCUT2D eigenvalue weighted by atomic mass is 9.41. The van der Waals surface area contributed by atoms with Crippen LogP contribution in [-0.4, -0.2) is 63.3 Å². The summed E-state index contributed by atoms with van der Waals surface area (Å²) in [5.41, 5.74) is -0.664. The van der Waals surface area contributed by atoms with Crippen molar-refractivity contribution < 1.29 is 34.0 Å². The van der Waals surface area contributed by atoms with Crippen molar-refractivity contribution in [3.63, 3.8) is 0 Å². The minimum atomic E-state index is -1.27. The van der Waals surface area contributed by atoms with Gasteiger partial charge in [0.25, 0.3) is 0 Å². The molecule has 2 N–H and O–H groups in total. The van der Waals surface area contributed by atoms with Crippen molar-refractivity contribution in [3.05, 3.63) is 30.1 Å². The van der Waals surface area contributed by atoms with Gasteiger partial charge in [-0.1, -0.05) is 40.7 Å². The summed E-state index contributed by atoms with van der Waals surface area (Å²) in [7, 11) is 0. The third-order valence-corrected chi connectivity index (χ3v) is 15.4. The van der Waals surface area contributed by atoms with Gasteiger partial charge in [0.15, 0.2) is 6.10 Å². The first kappa shape index (κ1) is 33.5. The number of pyridine rings is 1. The van der Waals surface area contributed by atoms with Gasteiger partial charge in [-0.25, -0.2) is 0 Å². The topological polar surface area (TPSA) is 115 Å². The standard InChI is InChI=1S/C39H57NO7/c1-22-19-25(33(35(5,6)44)45-23(2)41)46-31-30(22)36(7)16-17-39-21-38(39)15-14-28(47-29(42)20-24-11-9-10-18-40-24)34(3,4)26(38)12-13-27(39)37(36,8)32(31)43/h9-11,18,22,25-28,30-33,43-44H,12-17,19-21H2,1-8H3/t22-,25-,26+,27+,28+,30+,31+,32+,33+,36-,37-,38-,39+/m1/s1. The molecule has 7 rings (SSSR count). The van der Waals surface area contributed by atoms with E-state index in [1.807, 2.05) is 18.2 Å². The van der Waals surface area contributed by atoms with E-state index in [0.29, 0.717) is 18.3 Å². The van der Waals surface area contributed by atoms with Crippen molar-refractivity contribution >= 4 is 11.9 Å². The van der Waals surface area contributed by atoms with Crippen LogP contribution >= 0.6 is 0 Å². The molecule has 260 valence electrons. The number of carbonyl (C=O) groups excluding carboxylic acids is 2. The second-order valence-electron chi connectivity index (χ2n) is 18.2. The summed E-state index contributed by atoms with van der Waals surface area (Å²) in [6, 6.07) is 5.64. The Bertz CT molecular complexity index is 1410. The van der Waals surface area contributed by atoms with Gasteiger partial charge in [0.1, 0.15) is 6.10 Å². The van der Waals surface area contributed by atoms with E-state index in [1.54, 1.807) is 20.0 Å². The zero-order valence-corrected chi connectivity index (χ0v) is 29.8. The molecule has 6 fully saturated rings. The van der Waals surface area contributed by atoms with Crippen molar-refractivity contribution in [2.75, 3.05) is 0 Å². The summed E-state index contributed by atoms with van der Waals surface area (Å²) in [5.74, 6) is 0.661. The summed E-state index contributed by atoms with van der Waals surface area (Å²) in [4.78, 5) is 29.5. The number of ether oxygens (including phenoxy) is 3. The van der Waals surface area contributed by atoms with Gasteiger partial charge in [-0.3, -0.25) is 14.6 Å². The van der Waals surface area contributed by atoms with E-state index in [1.165, 1.54) is 19.8 Å². The number of aliphatic hydroxyl groups is 2. The maximum absolute atomic E-state index is 13.1. The largest absolute Gasteiger partial charge is 0.461 e. The van der Waals surface area contributed by atoms with Crippen LogP contribution in [0, 0.1) is 50.7 Å². The predicted molar refractivity (Wildman–Crippen MR) is 176 cm³/mol. The number of hydrogen-bond acceptors (Lipinski definition) is 8. The van der Waals surface area contributed by atoms with Gasteiger partial charge >= 0.3 is 11.9 Å². The molecule has 13 atom stereocenters. The minimum absolute atomic E-state index is 0.0899. The Morgan fingerprint density at radius 1 is 1.06 bits per heavy atom. The van der Waals surface area contributed by atoms with Crippen LogP contribution in [-0.2, 0) is 30.2 Å². The van der Waals surface area contributed by atoms with Crippen LogP contribution in [0.25, 0.3) is 0 Å². The molecule has 0 unspecified atom stereocenters. The zero-order chi connectivity index (χ0) is 33.9. The summed E-state index contributed by atoms with van der Waals surface area (Å²) in [6.45, 7) is 16.4. The van der Waals surface area contributed by atoms with Crippen molar-refractivity contribution in [3.8, 4) is 0 Å². The fourth-order valence-corrected chi connectivity index (χ4v) is 13.4. The SMILES string of the molecule is CC(=O)O[C@@H]([C@H]1C[C@@H](C)[C@H]2[C@H](O1)[C@H](O)[C@@]1(C)[C@@H]3CC[C@H]4C(C)(C)[C@@H](OC(=O)Cc5ccccn5)CC[C@@]45C[C@@]35CC[C@]21C)C(C)(C)O. The fourth-order valence-electron chi connectivity index (χ4n) is 13.4. The number of rotatable bonds is 6. The monoisotopic (exact) mass is 651 g/mol. The van der Waals surface area contributed by atoms with Crippen molar-refractivity contribution in [1.82, 2.24) is 4.98 Å².